The average Bonchev–Trinajstić information content (AvgIpc) is 2.66. The first kappa shape index (κ1) is 21.2. The number of nitrogens with one attached hydrogen (secondary N) is 2. The second-order valence-corrected chi connectivity index (χ2v) is 9.00. The summed E-state index contributed by atoms with van der Waals surface area (Å²) >= 11 is 11.8. The van der Waals surface area contributed by atoms with Crippen LogP contribution in [0.25, 0.3) is 0 Å². The molecule has 2 N–H and O–H groups in total. The summed E-state index contributed by atoms with van der Waals surface area (Å²) in [6, 6.07) is 16.2. The Bertz CT molecular complexity index is 1180. The number of amides is 1. The first-order chi connectivity index (χ1) is 13.7. The number of anilines is 2. The van der Waals surface area contributed by atoms with Crippen molar-refractivity contribution in [2.75, 3.05) is 10.0 Å². The van der Waals surface area contributed by atoms with Gasteiger partial charge in [0.25, 0.3) is 15.9 Å². The van der Waals surface area contributed by atoms with E-state index in [0.29, 0.717) is 27.0 Å². The van der Waals surface area contributed by atoms with Gasteiger partial charge in [-0.15, -0.1) is 0 Å². The van der Waals surface area contributed by atoms with Crippen LogP contribution in [0.3, 0.4) is 0 Å². The molecule has 29 heavy (non-hydrogen) atoms. The monoisotopic (exact) mass is 448 g/mol. The number of sulfonamides is 1. The van der Waals surface area contributed by atoms with E-state index in [1.807, 2.05) is 19.1 Å². The van der Waals surface area contributed by atoms with Crippen LogP contribution in [0.1, 0.15) is 21.5 Å². The Balaban J connectivity index is 1.87. The number of carbonyl (C=O) groups is 1. The molecule has 0 aromatic heterocycles. The molecule has 0 radical (unpaired) electrons. The lowest BCUT2D eigenvalue weighted by Crippen LogP contribution is -2.17. The largest absolute Gasteiger partial charge is 0.322 e. The van der Waals surface area contributed by atoms with Crippen LogP contribution in [0, 0.1) is 13.8 Å². The van der Waals surface area contributed by atoms with E-state index in [1.165, 1.54) is 12.1 Å². The summed E-state index contributed by atoms with van der Waals surface area (Å²) < 4.78 is 28.2. The van der Waals surface area contributed by atoms with Crippen LogP contribution in [-0.2, 0) is 10.0 Å². The molecular formula is C21H18Cl2N2O3S. The van der Waals surface area contributed by atoms with Gasteiger partial charge in [0, 0.05) is 16.9 Å². The molecule has 1 amide bonds. The van der Waals surface area contributed by atoms with Crippen LogP contribution in [0.5, 0.6) is 0 Å². The molecule has 0 unspecified atom stereocenters. The molecule has 0 fully saturated rings. The number of benzene rings is 3. The Labute approximate surface area is 179 Å². The van der Waals surface area contributed by atoms with Gasteiger partial charge in [-0.2, -0.15) is 0 Å². The van der Waals surface area contributed by atoms with Crippen molar-refractivity contribution in [3.63, 3.8) is 0 Å². The number of hydrogen-bond acceptors (Lipinski definition) is 3. The number of aryl methyl sites for hydroxylation is 2. The lowest BCUT2D eigenvalue weighted by atomic mass is 10.1. The van der Waals surface area contributed by atoms with Crippen molar-refractivity contribution in [3.8, 4) is 0 Å². The average molecular weight is 449 g/mol. The molecule has 0 spiro atoms. The van der Waals surface area contributed by atoms with Crippen LogP contribution >= 0.6 is 23.2 Å². The number of rotatable bonds is 5. The molecule has 3 aromatic carbocycles. The van der Waals surface area contributed by atoms with Crippen LogP contribution in [0.15, 0.2) is 65.6 Å². The molecule has 0 bridgehead atoms. The standard InChI is InChI=1S/C21H18Cl2N2O3S/c1-13-3-7-16(8-4-13)25-29(27,28)20-11-15(6-5-14(20)2)21(26)24-17-9-10-18(22)19(23)12-17/h3-12,25H,1-2H3,(H,24,26). The van der Waals surface area contributed by atoms with Crippen molar-refractivity contribution in [1.82, 2.24) is 0 Å². The summed E-state index contributed by atoms with van der Waals surface area (Å²) in [5.41, 5.74) is 2.64. The zero-order valence-corrected chi connectivity index (χ0v) is 18.0. The van der Waals surface area contributed by atoms with Gasteiger partial charge in [0.15, 0.2) is 0 Å². The highest BCUT2D eigenvalue weighted by molar-refractivity contribution is 7.92. The van der Waals surface area contributed by atoms with Gasteiger partial charge < -0.3 is 5.32 Å². The maximum atomic E-state index is 12.8. The van der Waals surface area contributed by atoms with E-state index < -0.39 is 15.9 Å². The van der Waals surface area contributed by atoms with Crippen molar-refractivity contribution < 1.29 is 13.2 Å². The van der Waals surface area contributed by atoms with Gasteiger partial charge in [-0.05, 0) is 61.9 Å². The van der Waals surface area contributed by atoms with Gasteiger partial charge in [0.05, 0.1) is 14.9 Å². The summed E-state index contributed by atoms with van der Waals surface area (Å²) in [5, 5.41) is 3.36. The predicted molar refractivity (Wildman–Crippen MR) is 118 cm³/mol. The predicted octanol–water partition coefficient (Wildman–Crippen LogP) is 5.66. The minimum atomic E-state index is -3.87. The van der Waals surface area contributed by atoms with Crippen LogP contribution in [0.2, 0.25) is 10.0 Å². The molecule has 3 aromatic rings. The Morgan fingerprint density at radius 3 is 2.14 bits per heavy atom. The molecule has 0 aliphatic rings. The zero-order chi connectivity index (χ0) is 21.2. The number of halogens is 2. The highest BCUT2D eigenvalue weighted by atomic mass is 35.5. The van der Waals surface area contributed by atoms with E-state index in [9.17, 15) is 13.2 Å². The SMILES string of the molecule is Cc1ccc(NS(=O)(=O)c2cc(C(=O)Nc3ccc(Cl)c(Cl)c3)ccc2C)cc1. The van der Waals surface area contributed by atoms with Crippen molar-refractivity contribution in [3.05, 3.63) is 87.4 Å². The fraction of sp³-hybridized carbons (Fsp3) is 0.0952. The first-order valence-corrected chi connectivity index (χ1v) is 10.9. The summed E-state index contributed by atoms with van der Waals surface area (Å²) in [4.78, 5) is 12.6. The third kappa shape index (κ3) is 5.09. The first-order valence-electron chi connectivity index (χ1n) is 8.62. The van der Waals surface area contributed by atoms with Gasteiger partial charge in [0.2, 0.25) is 0 Å². The van der Waals surface area contributed by atoms with Crippen LogP contribution in [0.4, 0.5) is 11.4 Å². The summed E-state index contributed by atoms with van der Waals surface area (Å²) in [6.07, 6.45) is 0. The lowest BCUT2D eigenvalue weighted by Gasteiger charge is -2.13. The Morgan fingerprint density at radius 1 is 0.828 bits per heavy atom. The minimum absolute atomic E-state index is 0.0277. The fourth-order valence-electron chi connectivity index (χ4n) is 2.64. The van der Waals surface area contributed by atoms with Crippen LogP contribution < -0.4 is 10.0 Å². The Hall–Kier alpha value is -2.54. The normalized spacial score (nSPS) is 11.2. The summed E-state index contributed by atoms with van der Waals surface area (Å²) in [7, 11) is -3.87. The second kappa shape index (κ2) is 8.45. The molecule has 8 heteroatoms. The molecule has 3 rings (SSSR count). The van der Waals surface area contributed by atoms with Crippen LogP contribution in [-0.4, -0.2) is 14.3 Å². The summed E-state index contributed by atoms with van der Waals surface area (Å²) in [6.45, 7) is 3.59. The maximum absolute atomic E-state index is 12.8. The van der Waals surface area contributed by atoms with Crippen molar-refractivity contribution in [2.45, 2.75) is 18.7 Å². The number of hydrogen-bond donors (Lipinski definition) is 2. The van der Waals surface area contributed by atoms with E-state index in [-0.39, 0.29) is 10.5 Å². The highest BCUT2D eigenvalue weighted by Gasteiger charge is 2.19. The van der Waals surface area contributed by atoms with E-state index in [0.717, 1.165) is 5.56 Å². The highest BCUT2D eigenvalue weighted by Crippen LogP contribution is 2.26. The Kier molecular flexibility index (Phi) is 6.17. The second-order valence-electron chi connectivity index (χ2n) is 6.53. The minimum Gasteiger partial charge on any atom is -0.322 e. The third-order valence-corrected chi connectivity index (χ3v) is 6.48. The Morgan fingerprint density at radius 2 is 1.48 bits per heavy atom. The molecule has 0 aliphatic heterocycles. The zero-order valence-electron chi connectivity index (χ0n) is 15.7. The molecule has 150 valence electrons. The topological polar surface area (TPSA) is 75.3 Å². The number of carbonyl (C=O) groups excluding carboxylic acids is 1. The molecule has 0 saturated carbocycles. The molecule has 0 heterocycles. The molecule has 5 nitrogen and oxygen atoms in total. The lowest BCUT2D eigenvalue weighted by molar-refractivity contribution is 0.102. The third-order valence-electron chi connectivity index (χ3n) is 4.22. The molecule has 0 atom stereocenters. The van der Waals surface area contributed by atoms with Crippen molar-refractivity contribution >= 4 is 50.5 Å². The fourth-order valence-corrected chi connectivity index (χ4v) is 4.27. The van der Waals surface area contributed by atoms with Gasteiger partial charge in [-0.25, -0.2) is 8.42 Å². The quantitative estimate of drug-likeness (QED) is 0.528. The van der Waals surface area contributed by atoms with E-state index in [1.54, 1.807) is 43.3 Å². The maximum Gasteiger partial charge on any atom is 0.262 e. The summed E-state index contributed by atoms with van der Waals surface area (Å²) in [5.74, 6) is -0.463. The van der Waals surface area contributed by atoms with Crippen molar-refractivity contribution in [2.24, 2.45) is 0 Å². The molecular weight excluding hydrogens is 431 g/mol. The van der Waals surface area contributed by atoms with E-state index >= 15 is 0 Å². The van der Waals surface area contributed by atoms with Gasteiger partial charge in [0.1, 0.15) is 0 Å². The molecule has 0 aliphatic carbocycles. The molecule has 0 saturated heterocycles. The van der Waals surface area contributed by atoms with Gasteiger partial charge in [-0.3, -0.25) is 9.52 Å². The van der Waals surface area contributed by atoms with Crippen molar-refractivity contribution in [1.29, 1.82) is 0 Å². The van der Waals surface area contributed by atoms with E-state index in [4.69, 9.17) is 23.2 Å². The van der Waals surface area contributed by atoms with E-state index in [2.05, 4.69) is 10.0 Å². The van der Waals surface area contributed by atoms with Gasteiger partial charge in [-0.1, -0.05) is 47.0 Å². The van der Waals surface area contributed by atoms with Gasteiger partial charge >= 0.3 is 0 Å². The smallest absolute Gasteiger partial charge is 0.262 e.